The molecular formula is C18H8ClF4N3O2S. The predicted molar refractivity (Wildman–Crippen MR) is 97.0 cm³/mol. The molecule has 4 aromatic rings. The molecule has 3 heterocycles. The Morgan fingerprint density at radius 3 is 2.45 bits per heavy atom. The number of pyridine rings is 1. The van der Waals surface area contributed by atoms with Gasteiger partial charge in [-0.15, -0.1) is 0 Å². The molecule has 29 heavy (non-hydrogen) atoms. The van der Waals surface area contributed by atoms with Crippen LogP contribution in [0, 0.1) is 23.5 Å². The maximum Gasteiger partial charge on any atom is 0.262 e. The van der Waals surface area contributed by atoms with Crippen molar-refractivity contribution in [3.05, 3.63) is 81.3 Å². The van der Waals surface area contributed by atoms with Crippen LogP contribution in [-0.2, 0) is 6.54 Å². The third kappa shape index (κ3) is 3.60. The van der Waals surface area contributed by atoms with E-state index in [1.54, 1.807) is 12.1 Å². The maximum absolute atomic E-state index is 14.1. The minimum absolute atomic E-state index is 0.126. The van der Waals surface area contributed by atoms with Crippen molar-refractivity contribution >= 4 is 34.3 Å². The molecule has 0 spiro atoms. The van der Waals surface area contributed by atoms with E-state index in [1.165, 1.54) is 24.5 Å². The molecule has 1 aromatic carbocycles. The van der Waals surface area contributed by atoms with Crippen molar-refractivity contribution in [1.82, 2.24) is 14.5 Å². The Hall–Kier alpha value is -2.85. The lowest BCUT2D eigenvalue weighted by atomic mass is 10.2. The second-order valence-electron chi connectivity index (χ2n) is 5.78. The second kappa shape index (κ2) is 7.53. The number of nitrogens with zero attached hydrogens (tertiary/aromatic N) is 3. The Kier molecular flexibility index (Phi) is 5.05. The van der Waals surface area contributed by atoms with Crippen LogP contribution in [0.2, 0.25) is 5.02 Å². The average Bonchev–Trinajstić information content (AvgIpc) is 3.19. The Labute approximate surface area is 169 Å². The summed E-state index contributed by atoms with van der Waals surface area (Å²) in [5.74, 6) is -6.65. The largest absolute Gasteiger partial charge is 0.467 e. The van der Waals surface area contributed by atoms with Crippen molar-refractivity contribution < 1.29 is 22.0 Å². The highest BCUT2D eigenvalue weighted by Crippen LogP contribution is 2.33. The van der Waals surface area contributed by atoms with E-state index in [9.17, 15) is 22.4 Å². The van der Waals surface area contributed by atoms with Crippen LogP contribution < -0.4 is 5.56 Å². The van der Waals surface area contributed by atoms with E-state index in [1.807, 2.05) is 0 Å². The van der Waals surface area contributed by atoms with Crippen LogP contribution in [0.15, 0.2) is 55.9 Å². The van der Waals surface area contributed by atoms with Crippen LogP contribution in [0.5, 0.6) is 0 Å². The van der Waals surface area contributed by atoms with Crippen molar-refractivity contribution in [2.75, 3.05) is 0 Å². The molecule has 0 aliphatic carbocycles. The molecule has 0 saturated heterocycles. The third-order valence-corrected chi connectivity index (χ3v) is 5.22. The van der Waals surface area contributed by atoms with Crippen LogP contribution >= 0.6 is 23.4 Å². The van der Waals surface area contributed by atoms with Gasteiger partial charge in [0.2, 0.25) is 0 Å². The van der Waals surface area contributed by atoms with Crippen molar-refractivity contribution in [1.29, 1.82) is 0 Å². The van der Waals surface area contributed by atoms with Crippen LogP contribution in [-0.4, -0.2) is 14.5 Å². The first-order chi connectivity index (χ1) is 13.8. The van der Waals surface area contributed by atoms with Gasteiger partial charge in [-0.05, 0) is 42.1 Å². The van der Waals surface area contributed by atoms with Gasteiger partial charge in [0.15, 0.2) is 16.8 Å². The van der Waals surface area contributed by atoms with Crippen molar-refractivity contribution in [2.45, 2.75) is 16.6 Å². The van der Waals surface area contributed by atoms with E-state index in [0.29, 0.717) is 5.76 Å². The van der Waals surface area contributed by atoms with Crippen LogP contribution in [0.1, 0.15) is 5.76 Å². The molecule has 3 aromatic heterocycles. The number of aromatic nitrogens is 3. The van der Waals surface area contributed by atoms with Crippen LogP contribution in [0.3, 0.4) is 0 Å². The average molecular weight is 442 g/mol. The predicted octanol–water partition coefficient (Wildman–Crippen LogP) is 4.79. The lowest BCUT2D eigenvalue weighted by Gasteiger charge is -2.13. The summed E-state index contributed by atoms with van der Waals surface area (Å²) in [6.07, 6.45) is 1.38. The number of hydrogen-bond acceptors (Lipinski definition) is 5. The monoisotopic (exact) mass is 441 g/mol. The zero-order chi connectivity index (χ0) is 20.7. The third-order valence-electron chi connectivity index (χ3n) is 3.93. The molecule has 0 amide bonds. The van der Waals surface area contributed by atoms with Crippen molar-refractivity contribution in [3.63, 3.8) is 0 Å². The number of fused-ring (bicyclic) bond motifs is 1. The van der Waals surface area contributed by atoms with Gasteiger partial charge < -0.3 is 4.42 Å². The lowest BCUT2D eigenvalue weighted by Crippen LogP contribution is -2.24. The van der Waals surface area contributed by atoms with E-state index in [0.717, 1.165) is 4.57 Å². The van der Waals surface area contributed by atoms with Gasteiger partial charge in [-0.3, -0.25) is 9.36 Å². The summed E-state index contributed by atoms with van der Waals surface area (Å²) in [6.45, 7) is -0.126. The zero-order valence-electron chi connectivity index (χ0n) is 14.1. The standard InChI is InChI=1S/C18H8ClF4N3O2S/c19-8-3-4-10-11(6-8)24-18(26(17(10)27)7-9-2-1-5-28-9)29-14-12(20)15(22)25-16(23)13(14)21/h1-6H,7H2. The molecule has 0 saturated carbocycles. The summed E-state index contributed by atoms with van der Waals surface area (Å²) in [5, 5.41) is 0.254. The summed E-state index contributed by atoms with van der Waals surface area (Å²) in [5.41, 5.74) is -0.405. The summed E-state index contributed by atoms with van der Waals surface area (Å²) >= 11 is 6.18. The van der Waals surface area contributed by atoms with Crippen LogP contribution in [0.25, 0.3) is 10.9 Å². The fraction of sp³-hybridized carbons (Fsp3) is 0.0556. The fourth-order valence-corrected chi connectivity index (χ4v) is 3.70. The molecule has 0 aliphatic heterocycles. The zero-order valence-corrected chi connectivity index (χ0v) is 15.7. The minimum atomic E-state index is -1.81. The highest BCUT2D eigenvalue weighted by Gasteiger charge is 2.24. The van der Waals surface area contributed by atoms with Gasteiger partial charge in [0.25, 0.3) is 17.5 Å². The van der Waals surface area contributed by atoms with E-state index in [-0.39, 0.29) is 39.4 Å². The molecule has 4 rings (SSSR count). The minimum Gasteiger partial charge on any atom is -0.467 e. The van der Waals surface area contributed by atoms with Gasteiger partial charge in [-0.2, -0.15) is 13.8 Å². The molecule has 0 N–H and O–H groups in total. The Balaban J connectivity index is 1.94. The highest BCUT2D eigenvalue weighted by molar-refractivity contribution is 7.99. The molecule has 148 valence electrons. The molecule has 0 atom stereocenters. The van der Waals surface area contributed by atoms with Crippen molar-refractivity contribution in [3.8, 4) is 0 Å². The number of halogens is 5. The summed E-state index contributed by atoms with van der Waals surface area (Å²) in [7, 11) is 0. The normalized spacial score (nSPS) is 11.3. The van der Waals surface area contributed by atoms with E-state index in [4.69, 9.17) is 16.0 Å². The number of hydrogen-bond donors (Lipinski definition) is 0. The molecule has 0 aliphatic rings. The summed E-state index contributed by atoms with van der Waals surface area (Å²) in [4.78, 5) is 18.7. The molecule has 11 heteroatoms. The van der Waals surface area contributed by atoms with Gasteiger partial charge in [0.1, 0.15) is 5.76 Å². The van der Waals surface area contributed by atoms with Gasteiger partial charge >= 0.3 is 0 Å². The SMILES string of the molecule is O=c1c2ccc(Cl)cc2nc(Sc2c(F)c(F)nc(F)c2F)n1Cc1ccco1. The first-order valence-electron chi connectivity index (χ1n) is 7.95. The van der Waals surface area contributed by atoms with Gasteiger partial charge in [0, 0.05) is 5.02 Å². The van der Waals surface area contributed by atoms with E-state index < -0.39 is 34.0 Å². The van der Waals surface area contributed by atoms with Gasteiger partial charge in [-0.1, -0.05) is 11.6 Å². The molecule has 0 radical (unpaired) electrons. The van der Waals surface area contributed by atoms with Gasteiger partial charge in [-0.25, -0.2) is 13.8 Å². The highest BCUT2D eigenvalue weighted by atomic mass is 35.5. The molecule has 5 nitrogen and oxygen atoms in total. The summed E-state index contributed by atoms with van der Waals surface area (Å²) in [6, 6.07) is 7.51. The number of benzene rings is 1. The Bertz CT molecular complexity index is 1270. The quantitative estimate of drug-likeness (QED) is 0.259. The number of furan rings is 1. The molecule has 0 fully saturated rings. The molecule has 0 bridgehead atoms. The Morgan fingerprint density at radius 2 is 1.79 bits per heavy atom. The van der Waals surface area contributed by atoms with E-state index in [2.05, 4.69) is 9.97 Å². The van der Waals surface area contributed by atoms with E-state index >= 15 is 0 Å². The molecule has 0 unspecified atom stereocenters. The van der Waals surface area contributed by atoms with Gasteiger partial charge in [0.05, 0.1) is 28.6 Å². The second-order valence-corrected chi connectivity index (χ2v) is 7.19. The molecular weight excluding hydrogens is 434 g/mol. The topological polar surface area (TPSA) is 60.9 Å². The fourth-order valence-electron chi connectivity index (χ4n) is 2.60. The first kappa shape index (κ1) is 19.5. The van der Waals surface area contributed by atoms with Crippen LogP contribution in [0.4, 0.5) is 17.6 Å². The van der Waals surface area contributed by atoms with Crippen molar-refractivity contribution in [2.24, 2.45) is 0 Å². The number of rotatable bonds is 4. The smallest absolute Gasteiger partial charge is 0.262 e. The first-order valence-corrected chi connectivity index (χ1v) is 9.15. The maximum atomic E-state index is 14.1. The summed E-state index contributed by atoms with van der Waals surface area (Å²) < 4.78 is 61.5. The Morgan fingerprint density at radius 1 is 1.07 bits per heavy atom. The lowest BCUT2D eigenvalue weighted by molar-refractivity contribution is 0.383.